The monoisotopic (exact) mass is 307 g/mol. The molecule has 3 nitrogen and oxygen atoms in total. The molecule has 0 spiro atoms. The van der Waals surface area contributed by atoms with E-state index < -0.39 is 12.1 Å². The second-order valence-corrected chi connectivity index (χ2v) is 6.77. The number of hydrogen-bond acceptors (Lipinski definition) is 3. The Morgan fingerprint density at radius 3 is 2.43 bits per heavy atom. The highest BCUT2D eigenvalue weighted by molar-refractivity contribution is 4.84. The number of rotatable bonds is 4. The number of nitrogens with zero attached hydrogens (tertiary/aromatic N) is 2. The van der Waals surface area contributed by atoms with Crippen molar-refractivity contribution in [3.8, 4) is 0 Å². The summed E-state index contributed by atoms with van der Waals surface area (Å²) in [6.07, 6.45) is -1.92. The van der Waals surface area contributed by atoms with Gasteiger partial charge in [0.05, 0.1) is 5.92 Å². The van der Waals surface area contributed by atoms with E-state index in [0.29, 0.717) is 12.8 Å². The first-order valence-electron chi connectivity index (χ1n) is 8.08. The number of piperazine rings is 1. The molecule has 2 aliphatic rings. The molecule has 0 amide bonds. The van der Waals surface area contributed by atoms with Crippen LogP contribution in [-0.2, 0) is 0 Å². The third-order valence-corrected chi connectivity index (χ3v) is 4.79. The molecule has 1 aliphatic heterocycles. The lowest BCUT2D eigenvalue weighted by atomic mass is 9.85. The van der Waals surface area contributed by atoms with E-state index in [-0.39, 0.29) is 18.5 Å². The predicted octanol–water partition coefficient (Wildman–Crippen LogP) is 2.33. The topological polar surface area (TPSA) is 18.5 Å². The fraction of sp³-hybridized carbons (Fsp3) is 1.00. The van der Waals surface area contributed by atoms with Gasteiger partial charge >= 0.3 is 6.18 Å². The number of nitrogens with one attached hydrogen (secondary N) is 1. The molecule has 0 bridgehead atoms. The van der Waals surface area contributed by atoms with Crippen LogP contribution in [0.2, 0.25) is 0 Å². The van der Waals surface area contributed by atoms with Crippen LogP contribution in [0.3, 0.4) is 0 Å². The van der Waals surface area contributed by atoms with E-state index in [1.165, 1.54) is 0 Å². The van der Waals surface area contributed by atoms with E-state index in [2.05, 4.69) is 29.1 Å². The predicted molar refractivity (Wildman–Crippen MR) is 78.3 cm³/mol. The molecule has 2 rings (SSSR count). The lowest BCUT2D eigenvalue weighted by molar-refractivity contribution is -0.183. The summed E-state index contributed by atoms with van der Waals surface area (Å²) in [4.78, 5) is 4.71. The van der Waals surface area contributed by atoms with Crippen molar-refractivity contribution < 1.29 is 13.2 Å². The number of likely N-dealkylation sites (N-methyl/N-ethyl adjacent to an activating group) is 1. The van der Waals surface area contributed by atoms with Crippen molar-refractivity contribution in [2.24, 2.45) is 5.92 Å². The van der Waals surface area contributed by atoms with E-state index >= 15 is 0 Å². The highest BCUT2D eigenvalue weighted by atomic mass is 19.4. The van der Waals surface area contributed by atoms with E-state index in [9.17, 15) is 13.2 Å². The lowest BCUT2D eigenvalue weighted by Gasteiger charge is -2.36. The normalized spacial score (nSPS) is 31.3. The minimum Gasteiger partial charge on any atom is -0.310 e. The van der Waals surface area contributed by atoms with Crippen LogP contribution in [0, 0.1) is 5.92 Å². The summed E-state index contributed by atoms with van der Waals surface area (Å²) >= 11 is 0. The van der Waals surface area contributed by atoms with Gasteiger partial charge in [-0.15, -0.1) is 0 Å². The Hall–Kier alpha value is -0.330. The first-order valence-corrected chi connectivity index (χ1v) is 8.08. The van der Waals surface area contributed by atoms with E-state index in [1.54, 1.807) is 0 Å². The molecule has 1 heterocycles. The van der Waals surface area contributed by atoms with Crippen LogP contribution in [0.4, 0.5) is 13.2 Å². The fourth-order valence-electron chi connectivity index (χ4n) is 3.51. The summed E-state index contributed by atoms with van der Waals surface area (Å²) in [5.41, 5.74) is 0. The lowest BCUT2D eigenvalue weighted by Crippen LogP contribution is -2.51. The standard InChI is InChI=1S/C15H28F3N3/c1-12(11-21-8-6-20(2)7-9-21)19-14-5-3-4-13(10-14)15(16,17)18/h12-14,19H,3-11H2,1-2H3. The molecule has 0 aromatic carbocycles. The summed E-state index contributed by atoms with van der Waals surface area (Å²) in [6, 6.07) is 0.276. The van der Waals surface area contributed by atoms with Gasteiger partial charge in [-0.05, 0) is 33.2 Å². The van der Waals surface area contributed by atoms with Gasteiger partial charge in [0.2, 0.25) is 0 Å². The maximum absolute atomic E-state index is 12.8. The number of hydrogen-bond donors (Lipinski definition) is 1. The van der Waals surface area contributed by atoms with Crippen LogP contribution in [0.15, 0.2) is 0 Å². The zero-order chi connectivity index (χ0) is 15.5. The molecule has 124 valence electrons. The van der Waals surface area contributed by atoms with E-state index in [4.69, 9.17) is 0 Å². The summed E-state index contributed by atoms with van der Waals surface area (Å²) in [5.74, 6) is -1.11. The Kier molecular flexibility index (Phi) is 5.91. The largest absolute Gasteiger partial charge is 0.391 e. The Balaban J connectivity index is 1.73. The zero-order valence-corrected chi connectivity index (χ0v) is 13.1. The zero-order valence-electron chi connectivity index (χ0n) is 13.1. The second-order valence-electron chi connectivity index (χ2n) is 6.77. The van der Waals surface area contributed by atoms with Gasteiger partial charge in [0, 0.05) is 44.8 Å². The highest BCUT2D eigenvalue weighted by Gasteiger charge is 2.42. The molecule has 0 aromatic heterocycles. The molecule has 1 N–H and O–H groups in total. The molecule has 1 saturated carbocycles. The summed E-state index contributed by atoms with van der Waals surface area (Å²) < 4.78 is 38.5. The number of halogens is 3. The number of alkyl halides is 3. The Morgan fingerprint density at radius 1 is 1.14 bits per heavy atom. The van der Waals surface area contributed by atoms with Crippen LogP contribution in [0.25, 0.3) is 0 Å². The molecule has 0 radical (unpaired) electrons. The van der Waals surface area contributed by atoms with Crippen molar-refractivity contribution in [1.82, 2.24) is 15.1 Å². The molecule has 2 fully saturated rings. The van der Waals surface area contributed by atoms with Crippen molar-refractivity contribution in [2.45, 2.75) is 50.9 Å². The van der Waals surface area contributed by atoms with Gasteiger partial charge in [-0.25, -0.2) is 0 Å². The van der Waals surface area contributed by atoms with Crippen LogP contribution >= 0.6 is 0 Å². The molecule has 1 aliphatic carbocycles. The minimum atomic E-state index is -4.03. The van der Waals surface area contributed by atoms with Crippen molar-refractivity contribution in [3.63, 3.8) is 0 Å². The second kappa shape index (κ2) is 7.29. The van der Waals surface area contributed by atoms with Crippen LogP contribution in [0.1, 0.15) is 32.6 Å². The average Bonchev–Trinajstić information content (AvgIpc) is 2.41. The maximum atomic E-state index is 12.8. The molecule has 21 heavy (non-hydrogen) atoms. The summed E-state index contributed by atoms with van der Waals surface area (Å²) in [7, 11) is 2.12. The Bertz CT molecular complexity index is 314. The summed E-state index contributed by atoms with van der Waals surface area (Å²) in [5, 5.41) is 3.42. The van der Waals surface area contributed by atoms with Gasteiger partial charge in [0.25, 0.3) is 0 Å². The van der Waals surface area contributed by atoms with Crippen molar-refractivity contribution in [1.29, 1.82) is 0 Å². The van der Waals surface area contributed by atoms with Gasteiger partial charge in [0.1, 0.15) is 0 Å². The molecule has 3 atom stereocenters. The quantitative estimate of drug-likeness (QED) is 0.860. The first-order chi connectivity index (χ1) is 9.84. The maximum Gasteiger partial charge on any atom is 0.391 e. The van der Waals surface area contributed by atoms with Gasteiger partial charge in [-0.2, -0.15) is 13.2 Å². The molecular weight excluding hydrogens is 279 g/mol. The Labute approximate surface area is 125 Å². The van der Waals surface area contributed by atoms with Crippen LogP contribution < -0.4 is 5.32 Å². The molecular formula is C15H28F3N3. The first kappa shape index (κ1) is 17.0. The molecule has 6 heteroatoms. The van der Waals surface area contributed by atoms with Gasteiger partial charge in [-0.3, -0.25) is 4.90 Å². The average molecular weight is 307 g/mol. The molecule has 1 saturated heterocycles. The third-order valence-electron chi connectivity index (χ3n) is 4.79. The SMILES string of the molecule is CC(CN1CCN(C)CC1)NC1CCCC(C(F)(F)F)C1. The van der Waals surface area contributed by atoms with E-state index in [0.717, 1.165) is 39.1 Å². The minimum absolute atomic E-state index is 0.0211. The molecule has 0 aromatic rings. The van der Waals surface area contributed by atoms with Crippen LogP contribution in [-0.4, -0.2) is 67.8 Å². The highest BCUT2D eigenvalue weighted by Crippen LogP contribution is 2.37. The van der Waals surface area contributed by atoms with E-state index in [1.807, 2.05) is 0 Å². The molecule has 3 unspecified atom stereocenters. The van der Waals surface area contributed by atoms with Gasteiger partial charge < -0.3 is 10.2 Å². The van der Waals surface area contributed by atoms with Crippen molar-refractivity contribution in [2.75, 3.05) is 39.8 Å². The van der Waals surface area contributed by atoms with Gasteiger partial charge in [0.15, 0.2) is 0 Å². The third kappa shape index (κ3) is 5.42. The van der Waals surface area contributed by atoms with Crippen LogP contribution in [0.5, 0.6) is 0 Å². The fourth-order valence-corrected chi connectivity index (χ4v) is 3.51. The van der Waals surface area contributed by atoms with Crippen molar-refractivity contribution in [3.05, 3.63) is 0 Å². The summed E-state index contributed by atoms with van der Waals surface area (Å²) in [6.45, 7) is 7.28. The smallest absolute Gasteiger partial charge is 0.310 e. The Morgan fingerprint density at radius 2 is 1.81 bits per heavy atom. The van der Waals surface area contributed by atoms with Crippen molar-refractivity contribution >= 4 is 0 Å². The van der Waals surface area contributed by atoms with Gasteiger partial charge in [-0.1, -0.05) is 6.42 Å².